The third-order valence-electron chi connectivity index (χ3n) is 5.78. The van der Waals surface area contributed by atoms with E-state index in [-0.39, 0.29) is 11.4 Å². The number of hydrazone groups is 1. The molecule has 0 bridgehead atoms. The molecule has 5 aromatic rings. The number of carbonyl (C=O) groups excluding carboxylic acids is 1. The normalized spacial score (nSPS) is 11.1. The summed E-state index contributed by atoms with van der Waals surface area (Å²) in [6.07, 6.45) is 2.27. The Morgan fingerprint density at radius 3 is 2.58 bits per heavy atom. The van der Waals surface area contributed by atoms with Crippen LogP contribution in [0.3, 0.4) is 0 Å². The molecule has 1 heterocycles. The lowest BCUT2D eigenvalue weighted by Gasteiger charge is -2.06. The van der Waals surface area contributed by atoms with Crippen molar-refractivity contribution in [3.63, 3.8) is 0 Å². The van der Waals surface area contributed by atoms with Crippen LogP contribution >= 0.6 is 0 Å². The first kappa shape index (κ1) is 22.9. The average Bonchev–Trinajstić information content (AvgIpc) is 3.41. The Kier molecular flexibility index (Phi) is 6.71. The molecule has 36 heavy (non-hydrogen) atoms. The Morgan fingerprint density at radius 1 is 0.972 bits per heavy atom. The molecule has 0 unspecified atom stereocenters. The monoisotopic (exact) mass is 476 g/mol. The average molecular weight is 477 g/mol. The van der Waals surface area contributed by atoms with Crippen molar-refractivity contribution in [2.75, 3.05) is 6.61 Å². The summed E-state index contributed by atoms with van der Waals surface area (Å²) in [6, 6.07) is 30.5. The van der Waals surface area contributed by atoms with E-state index < -0.39 is 5.91 Å². The zero-order chi connectivity index (χ0) is 24.7. The number of carbonyl (C=O) groups is 1. The Labute approximate surface area is 208 Å². The fourth-order valence-corrected chi connectivity index (χ4v) is 3.87. The summed E-state index contributed by atoms with van der Waals surface area (Å²) >= 11 is 0. The van der Waals surface area contributed by atoms with Crippen molar-refractivity contribution in [1.82, 2.24) is 15.6 Å². The molecule has 5 rings (SSSR count). The first-order chi connectivity index (χ1) is 17.7. The van der Waals surface area contributed by atoms with Gasteiger partial charge in [-0.1, -0.05) is 60.7 Å². The number of fused-ring (bicyclic) bond motifs is 1. The Bertz CT molecular complexity index is 1510. The van der Waals surface area contributed by atoms with Crippen LogP contribution in [0.5, 0.6) is 11.5 Å². The van der Waals surface area contributed by atoms with Crippen LogP contribution in [0, 0.1) is 0 Å². The van der Waals surface area contributed by atoms with Gasteiger partial charge in [-0.2, -0.15) is 10.2 Å². The highest BCUT2D eigenvalue weighted by Gasteiger charge is 2.11. The van der Waals surface area contributed by atoms with Gasteiger partial charge in [0.2, 0.25) is 0 Å². The molecule has 0 saturated carbocycles. The molecule has 3 N–H and O–H groups in total. The number of rotatable bonds is 8. The summed E-state index contributed by atoms with van der Waals surface area (Å²) in [6.45, 7) is 0.590. The van der Waals surface area contributed by atoms with Crippen LogP contribution in [0.25, 0.3) is 22.0 Å². The molecule has 0 aliphatic heterocycles. The summed E-state index contributed by atoms with van der Waals surface area (Å²) in [5.41, 5.74) is 6.00. The smallest absolute Gasteiger partial charge is 0.289 e. The van der Waals surface area contributed by atoms with Gasteiger partial charge in [-0.3, -0.25) is 9.89 Å². The molecule has 7 heteroatoms. The molecule has 0 spiro atoms. The van der Waals surface area contributed by atoms with Crippen LogP contribution in [0.2, 0.25) is 0 Å². The van der Waals surface area contributed by atoms with Crippen LogP contribution in [0.4, 0.5) is 0 Å². The fourth-order valence-electron chi connectivity index (χ4n) is 3.87. The third kappa shape index (κ3) is 5.26. The number of phenolic OH excluding ortho intramolecular Hbond substituents is 1. The van der Waals surface area contributed by atoms with E-state index in [0.717, 1.165) is 28.5 Å². The number of amides is 1. The van der Waals surface area contributed by atoms with Gasteiger partial charge in [-0.05, 0) is 52.7 Å². The molecule has 0 saturated heterocycles. The number of aromatic amines is 1. The van der Waals surface area contributed by atoms with Gasteiger partial charge in [-0.25, -0.2) is 5.43 Å². The lowest BCUT2D eigenvalue weighted by atomic mass is 10.0. The highest BCUT2D eigenvalue weighted by atomic mass is 16.5. The lowest BCUT2D eigenvalue weighted by Crippen LogP contribution is -2.18. The number of nitrogens with zero attached hydrogens (tertiary/aromatic N) is 2. The quantitative estimate of drug-likeness (QED) is 0.208. The second-order valence-corrected chi connectivity index (χ2v) is 8.19. The highest BCUT2D eigenvalue weighted by molar-refractivity contribution is 6.03. The van der Waals surface area contributed by atoms with Gasteiger partial charge in [0.1, 0.15) is 17.2 Å². The predicted octanol–water partition coefficient (Wildman–Crippen LogP) is 5.32. The van der Waals surface area contributed by atoms with Crippen LogP contribution in [0.15, 0.2) is 102 Å². The predicted molar refractivity (Wildman–Crippen MR) is 140 cm³/mol. The number of hydrogen-bond donors (Lipinski definition) is 3. The van der Waals surface area contributed by atoms with Gasteiger partial charge in [0.05, 0.1) is 18.5 Å². The van der Waals surface area contributed by atoms with Crippen molar-refractivity contribution in [3.05, 3.63) is 114 Å². The number of ether oxygens (including phenoxy) is 1. The summed E-state index contributed by atoms with van der Waals surface area (Å²) in [4.78, 5) is 12.5. The van der Waals surface area contributed by atoms with E-state index in [2.05, 4.69) is 32.9 Å². The maximum atomic E-state index is 12.5. The maximum absolute atomic E-state index is 12.5. The minimum atomic E-state index is -0.439. The number of aromatic hydroxyl groups is 1. The Balaban J connectivity index is 1.19. The maximum Gasteiger partial charge on any atom is 0.289 e. The van der Waals surface area contributed by atoms with Crippen molar-refractivity contribution in [2.45, 2.75) is 6.42 Å². The molecule has 1 aromatic heterocycles. The standard InChI is InChI=1S/C29H24N4O3/c34-28-15-12-21-8-4-5-9-24(21)25(28)19-30-33-29(35)27-18-26(31-32-27)22-10-13-23(14-11-22)36-17-16-20-6-2-1-3-7-20/h1-15,18-19,34H,16-17H2,(H,31,32)(H,33,35). The largest absolute Gasteiger partial charge is 0.507 e. The number of hydrogen-bond acceptors (Lipinski definition) is 5. The van der Waals surface area contributed by atoms with E-state index in [1.165, 1.54) is 11.8 Å². The Morgan fingerprint density at radius 2 is 1.75 bits per heavy atom. The number of H-pyrrole nitrogens is 1. The van der Waals surface area contributed by atoms with Crippen molar-refractivity contribution in [1.29, 1.82) is 0 Å². The zero-order valence-electron chi connectivity index (χ0n) is 19.4. The third-order valence-corrected chi connectivity index (χ3v) is 5.78. The van der Waals surface area contributed by atoms with Crippen molar-refractivity contribution in [2.24, 2.45) is 5.10 Å². The molecule has 178 valence electrons. The number of nitrogens with one attached hydrogen (secondary N) is 2. The SMILES string of the molecule is O=C(NN=Cc1c(O)ccc2ccccc12)c1cc(-c2ccc(OCCc3ccccc3)cc2)n[nH]1. The zero-order valence-corrected chi connectivity index (χ0v) is 19.4. The summed E-state index contributed by atoms with van der Waals surface area (Å²) in [5.74, 6) is 0.419. The molecule has 0 fully saturated rings. The summed E-state index contributed by atoms with van der Waals surface area (Å²) in [5, 5.41) is 23.0. The Hall–Kier alpha value is -4.91. The lowest BCUT2D eigenvalue weighted by molar-refractivity contribution is 0.0950. The first-order valence-corrected chi connectivity index (χ1v) is 11.5. The van der Waals surface area contributed by atoms with Gasteiger partial charge in [-0.15, -0.1) is 0 Å². The van der Waals surface area contributed by atoms with Crippen LogP contribution in [-0.4, -0.2) is 34.0 Å². The van der Waals surface area contributed by atoms with Crippen LogP contribution in [-0.2, 0) is 6.42 Å². The second-order valence-electron chi connectivity index (χ2n) is 8.19. The molecule has 0 radical (unpaired) electrons. The summed E-state index contributed by atoms with van der Waals surface area (Å²) < 4.78 is 5.83. The van der Waals surface area contributed by atoms with Gasteiger partial charge < -0.3 is 9.84 Å². The molecule has 0 aliphatic rings. The van der Waals surface area contributed by atoms with Crippen molar-refractivity contribution >= 4 is 22.9 Å². The molecule has 0 atom stereocenters. The van der Waals surface area contributed by atoms with E-state index in [9.17, 15) is 9.90 Å². The van der Waals surface area contributed by atoms with Gasteiger partial charge in [0.25, 0.3) is 5.91 Å². The van der Waals surface area contributed by atoms with Gasteiger partial charge in [0, 0.05) is 17.5 Å². The number of aromatic nitrogens is 2. The molecule has 7 nitrogen and oxygen atoms in total. The molecule has 4 aromatic carbocycles. The molecule has 1 amide bonds. The van der Waals surface area contributed by atoms with E-state index in [1.807, 2.05) is 72.8 Å². The highest BCUT2D eigenvalue weighted by Crippen LogP contribution is 2.25. The van der Waals surface area contributed by atoms with E-state index >= 15 is 0 Å². The molecular weight excluding hydrogens is 452 g/mol. The molecular formula is C29H24N4O3. The molecule has 0 aliphatic carbocycles. The van der Waals surface area contributed by atoms with E-state index in [0.29, 0.717) is 17.9 Å². The van der Waals surface area contributed by atoms with Crippen LogP contribution < -0.4 is 10.2 Å². The van der Waals surface area contributed by atoms with E-state index in [4.69, 9.17) is 4.74 Å². The first-order valence-electron chi connectivity index (χ1n) is 11.5. The second kappa shape index (κ2) is 10.6. The summed E-state index contributed by atoms with van der Waals surface area (Å²) in [7, 11) is 0. The van der Waals surface area contributed by atoms with E-state index in [1.54, 1.807) is 12.1 Å². The van der Waals surface area contributed by atoms with Crippen LogP contribution in [0.1, 0.15) is 21.6 Å². The van der Waals surface area contributed by atoms with Crippen molar-refractivity contribution < 1.29 is 14.6 Å². The minimum absolute atomic E-state index is 0.0861. The minimum Gasteiger partial charge on any atom is -0.507 e. The van der Waals surface area contributed by atoms with Gasteiger partial charge in [0.15, 0.2) is 0 Å². The fraction of sp³-hybridized carbons (Fsp3) is 0.0690. The number of phenols is 1. The number of benzene rings is 4. The van der Waals surface area contributed by atoms with Crippen molar-refractivity contribution in [3.8, 4) is 22.8 Å². The van der Waals surface area contributed by atoms with Gasteiger partial charge >= 0.3 is 0 Å². The topological polar surface area (TPSA) is 99.6 Å².